The zero-order chi connectivity index (χ0) is 10.6. The van der Waals surface area contributed by atoms with Crippen molar-refractivity contribution in [2.24, 2.45) is 5.92 Å². The van der Waals surface area contributed by atoms with Gasteiger partial charge >= 0.3 is 0 Å². The summed E-state index contributed by atoms with van der Waals surface area (Å²) in [6.45, 7) is 7.64. The summed E-state index contributed by atoms with van der Waals surface area (Å²) in [4.78, 5) is 0. The first-order chi connectivity index (χ1) is 6.59. The van der Waals surface area contributed by atoms with Crippen molar-refractivity contribution in [2.45, 2.75) is 26.8 Å². The molecule has 1 aromatic carbocycles. The van der Waals surface area contributed by atoms with Gasteiger partial charge in [-0.1, -0.05) is 37.6 Å². The monoisotopic (exact) mass is 211 g/mol. The van der Waals surface area contributed by atoms with Gasteiger partial charge in [-0.05, 0) is 37.1 Å². The Morgan fingerprint density at radius 1 is 1.14 bits per heavy atom. The van der Waals surface area contributed by atoms with Gasteiger partial charge in [-0.2, -0.15) is 0 Å². The summed E-state index contributed by atoms with van der Waals surface area (Å²) in [5, 5.41) is 4.27. The van der Waals surface area contributed by atoms with Crippen molar-refractivity contribution in [3.8, 4) is 0 Å². The van der Waals surface area contributed by atoms with Crippen LogP contribution in [0.25, 0.3) is 0 Å². The smallest absolute Gasteiger partial charge is 0.0406 e. The highest BCUT2D eigenvalue weighted by Crippen LogP contribution is 2.15. The van der Waals surface area contributed by atoms with Crippen LogP contribution in [0.4, 0.5) is 0 Å². The molecule has 1 aromatic rings. The molecule has 0 fully saturated rings. The van der Waals surface area contributed by atoms with E-state index in [1.807, 2.05) is 12.1 Å². The second kappa shape index (κ2) is 5.38. The molecule has 1 rings (SSSR count). The lowest BCUT2D eigenvalue weighted by Crippen LogP contribution is -2.23. The third-order valence-electron chi connectivity index (χ3n) is 2.20. The Hall–Kier alpha value is -0.530. The van der Waals surface area contributed by atoms with Gasteiger partial charge < -0.3 is 5.32 Å². The molecule has 0 aliphatic rings. The fraction of sp³-hybridized carbons (Fsp3) is 0.500. The molecule has 2 heteroatoms. The molecule has 0 bridgehead atoms. The molecule has 1 N–H and O–H groups in total. The van der Waals surface area contributed by atoms with Crippen LogP contribution in [-0.4, -0.2) is 6.54 Å². The van der Waals surface area contributed by atoms with E-state index in [2.05, 4.69) is 38.2 Å². The molecule has 0 saturated carbocycles. The summed E-state index contributed by atoms with van der Waals surface area (Å²) in [5.74, 6) is 0.685. The minimum atomic E-state index is 0.398. The predicted octanol–water partition coefficient (Wildman–Crippen LogP) is 3.65. The van der Waals surface area contributed by atoms with Crippen LogP contribution >= 0.6 is 11.6 Å². The molecule has 0 radical (unpaired) electrons. The highest BCUT2D eigenvalue weighted by molar-refractivity contribution is 6.30. The van der Waals surface area contributed by atoms with Crippen LogP contribution in [0.2, 0.25) is 5.02 Å². The van der Waals surface area contributed by atoms with Gasteiger partial charge in [-0.3, -0.25) is 0 Å². The lowest BCUT2D eigenvalue weighted by atomic mass is 10.1. The summed E-state index contributed by atoms with van der Waals surface area (Å²) in [7, 11) is 0. The van der Waals surface area contributed by atoms with Crippen molar-refractivity contribution in [1.29, 1.82) is 0 Å². The molecule has 14 heavy (non-hydrogen) atoms. The Labute approximate surface area is 91.5 Å². The van der Waals surface area contributed by atoms with Crippen molar-refractivity contribution >= 4 is 11.6 Å². The predicted molar refractivity (Wildman–Crippen MR) is 62.7 cm³/mol. The van der Waals surface area contributed by atoms with Crippen LogP contribution in [0.3, 0.4) is 0 Å². The first kappa shape index (κ1) is 11.5. The number of nitrogens with one attached hydrogen (secondary N) is 1. The highest BCUT2D eigenvalue weighted by Gasteiger charge is 2.04. The molecular weight excluding hydrogens is 194 g/mol. The summed E-state index contributed by atoms with van der Waals surface area (Å²) in [6.07, 6.45) is 0. The van der Waals surface area contributed by atoms with Gasteiger partial charge in [0.15, 0.2) is 0 Å². The summed E-state index contributed by atoms with van der Waals surface area (Å²) >= 11 is 5.82. The Bertz CT molecular complexity index is 266. The second-order valence-electron chi connectivity index (χ2n) is 4.08. The number of hydrogen-bond acceptors (Lipinski definition) is 1. The van der Waals surface area contributed by atoms with E-state index in [0.29, 0.717) is 12.0 Å². The van der Waals surface area contributed by atoms with E-state index in [1.165, 1.54) is 5.56 Å². The molecule has 0 aromatic heterocycles. The minimum Gasteiger partial charge on any atom is -0.310 e. The van der Waals surface area contributed by atoms with Gasteiger partial charge in [0.1, 0.15) is 0 Å². The third-order valence-corrected chi connectivity index (χ3v) is 2.45. The van der Waals surface area contributed by atoms with Gasteiger partial charge in [0.05, 0.1) is 0 Å². The second-order valence-corrected chi connectivity index (χ2v) is 4.51. The molecule has 0 heterocycles. The molecule has 1 unspecified atom stereocenters. The molecule has 1 nitrogen and oxygen atoms in total. The molecule has 1 atom stereocenters. The van der Waals surface area contributed by atoms with E-state index >= 15 is 0 Å². The largest absolute Gasteiger partial charge is 0.310 e. The number of benzene rings is 1. The van der Waals surface area contributed by atoms with E-state index in [1.54, 1.807) is 0 Å². The van der Waals surface area contributed by atoms with Gasteiger partial charge in [0, 0.05) is 11.1 Å². The van der Waals surface area contributed by atoms with Gasteiger partial charge in [0.25, 0.3) is 0 Å². The average Bonchev–Trinajstić information content (AvgIpc) is 2.15. The van der Waals surface area contributed by atoms with E-state index in [9.17, 15) is 0 Å². The van der Waals surface area contributed by atoms with E-state index in [-0.39, 0.29) is 0 Å². The van der Waals surface area contributed by atoms with Crippen LogP contribution in [0.5, 0.6) is 0 Å². The molecule has 0 spiro atoms. The molecule has 0 aliphatic heterocycles. The summed E-state index contributed by atoms with van der Waals surface area (Å²) < 4.78 is 0. The number of hydrogen-bond donors (Lipinski definition) is 1. The van der Waals surface area contributed by atoms with Crippen LogP contribution in [0.15, 0.2) is 24.3 Å². The van der Waals surface area contributed by atoms with Crippen molar-refractivity contribution in [3.05, 3.63) is 34.9 Å². The fourth-order valence-electron chi connectivity index (χ4n) is 1.28. The van der Waals surface area contributed by atoms with Gasteiger partial charge in [-0.15, -0.1) is 0 Å². The van der Waals surface area contributed by atoms with Gasteiger partial charge in [-0.25, -0.2) is 0 Å². The number of halogens is 1. The lowest BCUT2D eigenvalue weighted by molar-refractivity contribution is 0.496. The van der Waals surface area contributed by atoms with Crippen molar-refractivity contribution in [3.63, 3.8) is 0 Å². The highest BCUT2D eigenvalue weighted by atomic mass is 35.5. The Balaban J connectivity index is 2.52. The Kier molecular flexibility index (Phi) is 4.43. The first-order valence-electron chi connectivity index (χ1n) is 5.08. The molecule has 78 valence electrons. The average molecular weight is 212 g/mol. The van der Waals surface area contributed by atoms with Gasteiger partial charge in [0.2, 0.25) is 0 Å². The van der Waals surface area contributed by atoms with Crippen molar-refractivity contribution < 1.29 is 0 Å². The zero-order valence-electron chi connectivity index (χ0n) is 9.05. The maximum atomic E-state index is 5.82. The minimum absolute atomic E-state index is 0.398. The Morgan fingerprint density at radius 3 is 2.21 bits per heavy atom. The maximum Gasteiger partial charge on any atom is 0.0406 e. The van der Waals surface area contributed by atoms with Crippen LogP contribution < -0.4 is 5.32 Å². The Morgan fingerprint density at radius 2 is 1.71 bits per heavy atom. The SMILES string of the molecule is CC(C)CNC(C)c1ccc(Cl)cc1. The third kappa shape index (κ3) is 3.69. The topological polar surface area (TPSA) is 12.0 Å². The normalized spacial score (nSPS) is 13.2. The molecular formula is C12H18ClN. The standard InChI is InChI=1S/C12H18ClN/c1-9(2)8-14-10(3)11-4-6-12(13)7-5-11/h4-7,9-10,14H,8H2,1-3H3. The molecule has 0 saturated heterocycles. The molecule has 0 amide bonds. The van der Waals surface area contributed by atoms with Crippen LogP contribution in [0.1, 0.15) is 32.4 Å². The zero-order valence-corrected chi connectivity index (χ0v) is 9.81. The van der Waals surface area contributed by atoms with Crippen molar-refractivity contribution in [1.82, 2.24) is 5.32 Å². The van der Waals surface area contributed by atoms with Crippen molar-refractivity contribution in [2.75, 3.05) is 6.54 Å². The van der Waals surface area contributed by atoms with Crippen LogP contribution in [-0.2, 0) is 0 Å². The van der Waals surface area contributed by atoms with E-state index in [4.69, 9.17) is 11.6 Å². The lowest BCUT2D eigenvalue weighted by Gasteiger charge is -2.15. The first-order valence-corrected chi connectivity index (χ1v) is 5.46. The van der Waals surface area contributed by atoms with E-state index in [0.717, 1.165) is 11.6 Å². The summed E-state index contributed by atoms with van der Waals surface area (Å²) in [5.41, 5.74) is 1.29. The fourth-order valence-corrected chi connectivity index (χ4v) is 1.41. The van der Waals surface area contributed by atoms with E-state index < -0.39 is 0 Å². The summed E-state index contributed by atoms with van der Waals surface area (Å²) in [6, 6.07) is 8.41. The number of rotatable bonds is 4. The van der Waals surface area contributed by atoms with Crippen LogP contribution in [0, 0.1) is 5.92 Å². The molecule has 0 aliphatic carbocycles. The maximum absolute atomic E-state index is 5.82. The quantitative estimate of drug-likeness (QED) is 0.802.